The van der Waals surface area contributed by atoms with Crippen LogP contribution in [0.15, 0.2) is 18.2 Å². The summed E-state index contributed by atoms with van der Waals surface area (Å²) < 4.78 is 0. The minimum atomic E-state index is 0.223. The van der Waals surface area contributed by atoms with E-state index in [1.165, 1.54) is 17.5 Å². The maximum atomic E-state index is 6.37. The summed E-state index contributed by atoms with van der Waals surface area (Å²) >= 11 is 6.05. The number of piperidine rings is 1. The Morgan fingerprint density at radius 3 is 2.72 bits per heavy atom. The molecule has 1 aromatic rings. The van der Waals surface area contributed by atoms with Gasteiger partial charge in [-0.15, -0.1) is 0 Å². The van der Waals surface area contributed by atoms with Gasteiger partial charge in [0.1, 0.15) is 0 Å². The van der Waals surface area contributed by atoms with Crippen LogP contribution in [-0.4, -0.2) is 23.5 Å². The Morgan fingerprint density at radius 1 is 1.39 bits per heavy atom. The molecular formula is C15H23ClN2. The van der Waals surface area contributed by atoms with Crippen molar-refractivity contribution in [2.24, 2.45) is 5.73 Å². The van der Waals surface area contributed by atoms with Gasteiger partial charge in [-0.2, -0.15) is 0 Å². The van der Waals surface area contributed by atoms with E-state index in [9.17, 15) is 0 Å². The Morgan fingerprint density at radius 2 is 2.11 bits per heavy atom. The normalized spacial score (nSPS) is 25.7. The van der Waals surface area contributed by atoms with E-state index in [0.717, 1.165) is 18.0 Å². The first kappa shape index (κ1) is 13.9. The van der Waals surface area contributed by atoms with E-state index in [4.69, 9.17) is 17.3 Å². The second-order valence-corrected chi connectivity index (χ2v) is 6.02. The van der Waals surface area contributed by atoms with Gasteiger partial charge in [-0.25, -0.2) is 0 Å². The average Bonchev–Trinajstić information content (AvgIpc) is 2.29. The summed E-state index contributed by atoms with van der Waals surface area (Å²) in [4.78, 5) is 2.52. The molecule has 0 amide bonds. The van der Waals surface area contributed by atoms with Crippen molar-refractivity contribution in [1.29, 1.82) is 0 Å². The predicted molar refractivity (Wildman–Crippen MR) is 78.0 cm³/mol. The van der Waals surface area contributed by atoms with E-state index in [1.54, 1.807) is 0 Å². The van der Waals surface area contributed by atoms with Crippen molar-refractivity contribution in [2.45, 2.75) is 51.7 Å². The van der Waals surface area contributed by atoms with Gasteiger partial charge >= 0.3 is 0 Å². The third-order valence-corrected chi connectivity index (χ3v) is 4.17. The topological polar surface area (TPSA) is 29.3 Å². The summed E-state index contributed by atoms with van der Waals surface area (Å²) in [6.45, 7) is 7.76. The number of benzene rings is 1. The SMILES string of the molecule is Cc1cc(Cl)ccc1C1C(N)CCCN1C(C)C. The van der Waals surface area contributed by atoms with Crippen LogP contribution < -0.4 is 5.73 Å². The predicted octanol–water partition coefficient (Wildman–Crippen LogP) is 3.52. The molecule has 0 spiro atoms. The molecule has 0 radical (unpaired) electrons. The van der Waals surface area contributed by atoms with Gasteiger partial charge in [0.15, 0.2) is 0 Å². The number of nitrogens with two attached hydrogens (primary N) is 1. The number of likely N-dealkylation sites (tertiary alicyclic amines) is 1. The van der Waals surface area contributed by atoms with Gasteiger partial charge < -0.3 is 5.73 Å². The van der Waals surface area contributed by atoms with Gasteiger partial charge in [0.2, 0.25) is 0 Å². The third-order valence-electron chi connectivity index (χ3n) is 3.93. The van der Waals surface area contributed by atoms with Crippen LogP contribution in [0.4, 0.5) is 0 Å². The summed E-state index contributed by atoms with van der Waals surface area (Å²) in [5, 5.41) is 0.803. The van der Waals surface area contributed by atoms with Crippen LogP contribution in [0.2, 0.25) is 5.02 Å². The third kappa shape index (κ3) is 2.71. The zero-order valence-electron chi connectivity index (χ0n) is 11.5. The number of aryl methyl sites for hydroxylation is 1. The molecular weight excluding hydrogens is 244 g/mol. The molecule has 100 valence electrons. The fourth-order valence-electron chi connectivity index (χ4n) is 3.01. The summed E-state index contributed by atoms with van der Waals surface area (Å²) in [6, 6.07) is 7.23. The molecule has 0 aliphatic carbocycles. The van der Waals surface area contributed by atoms with E-state index >= 15 is 0 Å². The lowest BCUT2D eigenvalue weighted by molar-refractivity contribution is 0.0943. The molecule has 2 nitrogen and oxygen atoms in total. The molecule has 2 N–H and O–H groups in total. The number of halogens is 1. The van der Waals surface area contributed by atoms with E-state index in [-0.39, 0.29) is 6.04 Å². The Hall–Kier alpha value is -0.570. The zero-order valence-corrected chi connectivity index (χ0v) is 12.2. The monoisotopic (exact) mass is 266 g/mol. The number of hydrogen-bond acceptors (Lipinski definition) is 2. The van der Waals surface area contributed by atoms with Crippen LogP contribution in [0.3, 0.4) is 0 Å². The first-order valence-corrected chi connectivity index (χ1v) is 7.16. The highest BCUT2D eigenvalue weighted by Gasteiger charge is 2.32. The Bertz CT molecular complexity index is 417. The van der Waals surface area contributed by atoms with Gasteiger partial charge in [0.05, 0.1) is 6.04 Å². The molecule has 1 fully saturated rings. The molecule has 1 aliphatic rings. The second kappa shape index (κ2) is 5.60. The van der Waals surface area contributed by atoms with Crippen LogP contribution in [0, 0.1) is 6.92 Å². The maximum Gasteiger partial charge on any atom is 0.0504 e. The molecule has 1 aliphatic heterocycles. The van der Waals surface area contributed by atoms with Crippen molar-refractivity contribution in [2.75, 3.05) is 6.54 Å². The van der Waals surface area contributed by atoms with Crippen molar-refractivity contribution in [3.05, 3.63) is 34.3 Å². The van der Waals surface area contributed by atoms with Gasteiger partial charge in [0.25, 0.3) is 0 Å². The molecule has 2 rings (SSSR count). The van der Waals surface area contributed by atoms with Crippen molar-refractivity contribution >= 4 is 11.6 Å². The van der Waals surface area contributed by atoms with Gasteiger partial charge in [-0.1, -0.05) is 17.7 Å². The average molecular weight is 267 g/mol. The van der Waals surface area contributed by atoms with E-state index in [1.807, 2.05) is 12.1 Å². The standard InChI is InChI=1S/C15H23ClN2/c1-10(2)18-8-4-5-14(17)15(18)13-7-6-12(16)9-11(13)3/h6-7,9-10,14-15H,4-5,8,17H2,1-3H3. The highest BCUT2D eigenvalue weighted by atomic mass is 35.5. The lowest BCUT2D eigenvalue weighted by Crippen LogP contribution is -2.48. The van der Waals surface area contributed by atoms with E-state index in [0.29, 0.717) is 12.1 Å². The summed E-state index contributed by atoms with van der Waals surface area (Å²) in [5.74, 6) is 0. The summed E-state index contributed by atoms with van der Waals surface area (Å²) in [7, 11) is 0. The first-order valence-electron chi connectivity index (χ1n) is 6.78. The molecule has 1 heterocycles. The molecule has 1 aromatic carbocycles. The lowest BCUT2D eigenvalue weighted by Gasteiger charge is -2.43. The lowest BCUT2D eigenvalue weighted by atomic mass is 9.88. The fourth-order valence-corrected chi connectivity index (χ4v) is 3.24. The molecule has 2 unspecified atom stereocenters. The summed E-state index contributed by atoms with van der Waals surface area (Å²) in [5.41, 5.74) is 8.95. The van der Waals surface area contributed by atoms with Crippen LogP contribution in [0.25, 0.3) is 0 Å². The molecule has 0 aromatic heterocycles. The van der Waals surface area contributed by atoms with Crippen molar-refractivity contribution in [3.8, 4) is 0 Å². The van der Waals surface area contributed by atoms with Crippen molar-refractivity contribution < 1.29 is 0 Å². The number of hydrogen-bond donors (Lipinski definition) is 1. The highest BCUT2D eigenvalue weighted by Crippen LogP contribution is 2.34. The van der Waals surface area contributed by atoms with Gasteiger partial charge in [-0.3, -0.25) is 4.90 Å². The minimum Gasteiger partial charge on any atom is -0.326 e. The van der Waals surface area contributed by atoms with Crippen LogP contribution >= 0.6 is 11.6 Å². The van der Waals surface area contributed by atoms with Crippen molar-refractivity contribution in [3.63, 3.8) is 0 Å². The van der Waals surface area contributed by atoms with Gasteiger partial charge in [-0.05, 0) is 63.4 Å². The summed E-state index contributed by atoms with van der Waals surface area (Å²) in [6.07, 6.45) is 2.30. The Labute approximate surface area is 115 Å². The molecule has 2 atom stereocenters. The quantitative estimate of drug-likeness (QED) is 0.888. The largest absolute Gasteiger partial charge is 0.326 e. The van der Waals surface area contributed by atoms with Crippen LogP contribution in [0.1, 0.15) is 43.9 Å². The van der Waals surface area contributed by atoms with E-state index < -0.39 is 0 Å². The highest BCUT2D eigenvalue weighted by molar-refractivity contribution is 6.30. The second-order valence-electron chi connectivity index (χ2n) is 5.58. The van der Waals surface area contributed by atoms with Crippen LogP contribution in [0.5, 0.6) is 0 Å². The molecule has 3 heteroatoms. The fraction of sp³-hybridized carbons (Fsp3) is 0.600. The number of nitrogens with zero attached hydrogens (tertiary/aromatic N) is 1. The van der Waals surface area contributed by atoms with Crippen molar-refractivity contribution in [1.82, 2.24) is 4.90 Å². The first-order chi connectivity index (χ1) is 8.50. The molecule has 18 heavy (non-hydrogen) atoms. The minimum absolute atomic E-state index is 0.223. The Kier molecular flexibility index (Phi) is 4.31. The number of rotatable bonds is 2. The molecule has 1 saturated heterocycles. The smallest absolute Gasteiger partial charge is 0.0504 e. The molecule has 0 saturated carbocycles. The Balaban J connectivity index is 2.37. The van der Waals surface area contributed by atoms with E-state index in [2.05, 4.69) is 31.7 Å². The van der Waals surface area contributed by atoms with Crippen LogP contribution in [-0.2, 0) is 0 Å². The molecule has 0 bridgehead atoms. The van der Waals surface area contributed by atoms with Gasteiger partial charge in [0, 0.05) is 17.1 Å². The zero-order chi connectivity index (χ0) is 13.3. The maximum absolute atomic E-state index is 6.37.